The van der Waals surface area contributed by atoms with Crippen molar-refractivity contribution in [1.82, 2.24) is 5.32 Å². The van der Waals surface area contributed by atoms with Gasteiger partial charge in [0.1, 0.15) is 25.6 Å². The van der Waals surface area contributed by atoms with Gasteiger partial charge in [-0.3, -0.25) is 9.10 Å². The maximum Gasteiger partial charge on any atom is 0.264 e. The van der Waals surface area contributed by atoms with Crippen LogP contribution in [0.5, 0.6) is 11.5 Å². The van der Waals surface area contributed by atoms with Gasteiger partial charge in [0.05, 0.1) is 16.6 Å². The molecule has 0 bridgehead atoms. The largest absolute Gasteiger partial charge is 0.486 e. The lowest BCUT2D eigenvalue weighted by Crippen LogP contribution is -2.42. The van der Waals surface area contributed by atoms with E-state index in [1.54, 1.807) is 0 Å². The molecule has 1 amide bonds. The van der Waals surface area contributed by atoms with Gasteiger partial charge in [0.2, 0.25) is 5.91 Å². The minimum atomic E-state index is -4.25. The Kier molecular flexibility index (Phi) is 7.51. The average Bonchev–Trinajstić information content (AvgIpc) is 2.96. The van der Waals surface area contributed by atoms with Crippen LogP contribution in [0.25, 0.3) is 0 Å². The predicted molar refractivity (Wildman–Crippen MR) is 146 cm³/mol. The molecule has 0 radical (unpaired) electrons. The lowest BCUT2D eigenvalue weighted by molar-refractivity contribution is -0.120. The molecule has 5 rings (SSSR count). The Balaban J connectivity index is 1.48. The van der Waals surface area contributed by atoms with Crippen LogP contribution in [0.3, 0.4) is 0 Å². The zero-order valence-electron chi connectivity index (χ0n) is 21.2. The predicted octanol–water partition coefficient (Wildman–Crippen LogP) is 5.01. The fourth-order valence-corrected chi connectivity index (χ4v) is 5.77. The highest BCUT2D eigenvalue weighted by Crippen LogP contribution is 2.34. The SMILES string of the molecule is Cc1ccc([C@H](NC(=O)CN(c2ccc(F)cc2)S(=O)(=O)c2ccc3c(c2)OCCO3)c2ccccc2)cc1. The summed E-state index contributed by atoms with van der Waals surface area (Å²) in [5.41, 5.74) is 2.92. The number of hydrogen-bond donors (Lipinski definition) is 1. The molecule has 1 heterocycles. The first-order valence-corrected chi connectivity index (χ1v) is 13.8. The summed E-state index contributed by atoms with van der Waals surface area (Å²) in [6.45, 7) is 2.10. The highest BCUT2D eigenvalue weighted by molar-refractivity contribution is 7.92. The molecule has 0 saturated carbocycles. The lowest BCUT2D eigenvalue weighted by atomic mass is 9.98. The molecule has 4 aromatic carbocycles. The fourth-order valence-electron chi connectivity index (χ4n) is 4.33. The lowest BCUT2D eigenvalue weighted by Gasteiger charge is -2.27. The minimum Gasteiger partial charge on any atom is -0.486 e. The summed E-state index contributed by atoms with van der Waals surface area (Å²) >= 11 is 0. The summed E-state index contributed by atoms with van der Waals surface area (Å²) in [6, 6.07) is 25.9. The molecule has 0 aromatic heterocycles. The summed E-state index contributed by atoms with van der Waals surface area (Å²) in [5.74, 6) is -0.317. The number of rotatable bonds is 8. The quantitative estimate of drug-likeness (QED) is 0.336. The van der Waals surface area contributed by atoms with Crippen LogP contribution in [0, 0.1) is 12.7 Å². The Bertz CT molecular complexity index is 1560. The van der Waals surface area contributed by atoms with Gasteiger partial charge in [0, 0.05) is 6.07 Å². The van der Waals surface area contributed by atoms with Crippen LogP contribution in [-0.2, 0) is 14.8 Å². The average molecular weight is 547 g/mol. The molecule has 1 aliphatic heterocycles. The molecule has 200 valence electrons. The maximum absolute atomic E-state index is 13.9. The molecule has 0 fully saturated rings. The Hall–Kier alpha value is -4.37. The van der Waals surface area contributed by atoms with E-state index in [2.05, 4.69) is 5.32 Å². The molecule has 7 nitrogen and oxygen atoms in total. The van der Waals surface area contributed by atoms with E-state index in [-0.39, 0.29) is 10.6 Å². The van der Waals surface area contributed by atoms with E-state index in [1.165, 1.54) is 30.3 Å². The van der Waals surface area contributed by atoms with Crippen molar-refractivity contribution in [2.75, 3.05) is 24.1 Å². The number of carbonyl (C=O) groups excluding carboxylic acids is 1. The molecule has 1 N–H and O–H groups in total. The highest BCUT2D eigenvalue weighted by Gasteiger charge is 2.30. The second kappa shape index (κ2) is 11.2. The van der Waals surface area contributed by atoms with Crippen molar-refractivity contribution in [3.63, 3.8) is 0 Å². The van der Waals surface area contributed by atoms with Crippen LogP contribution in [-0.4, -0.2) is 34.1 Å². The van der Waals surface area contributed by atoms with E-state index in [1.807, 2.05) is 61.5 Å². The van der Waals surface area contributed by atoms with E-state index in [4.69, 9.17) is 9.47 Å². The van der Waals surface area contributed by atoms with Gasteiger partial charge in [-0.15, -0.1) is 0 Å². The Labute approximate surface area is 226 Å². The monoisotopic (exact) mass is 546 g/mol. The molecule has 0 aliphatic carbocycles. The number of benzene rings is 4. The summed E-state index contributed by atoms with van der Waals surface area (Å²) in [6.07, 6.45) is 0. The number of carbonyl (C=O) groups is 1. The molecule has 0 saturated heterocycles. The summed E-state index contributed by atoms with van der Waals surface area (Å²) in [7, 11) is -4.25. The molecule has 1 aliphatic rings. The molecule has 39 heavy (non-hydrogen) atoms. The van der Waals surface area contributed by atoms with Crippen LogP contribution < -0.4 is 19.1 Å². The Morgan fingerprint density at radius 1 is 0.872 bits per heavy atom. The smallest absolute Gasteiger partial charge is 0.264 e. The number of ether oxygens (including phenoxy) is 2. The van der Waals surface area contributed by atoms with E-state index in [9.17, 15) is 17.6 Å². The molecular weight excluding hydrogens is 519 g/mol. The second-order valence-corrected chi connectivity index (χ2v) is 11.0. The number of sulfonamides is 1. The topological polar surface area (TPSA) is 84.9 Å². The molecule has 0 unspecified atom stereocenters. The Morgan fingerprint density at radius 2 is 1.51 bits per heavy atom. The van der Waals surface area contributed by atoms with Crippen LogP contribution in [0.4, 0.5) is 10.1 Å². The van der Waals surface area contributed by atoms with Crippen LogP contribution in [0.15, 0.2) is 102 Å². The summed E-state index contributed by atoms with van der Waals surface area (Å²) < 4.78 is 53.5. The van der Waals surface area contributed by atoms with Crippen molar-refractivity contribution in [2.24, 2.45) is 0 Å². The van der Waals surface area contributed by atoms with Crippen LogP contribution in [0.1, 0.15) is 22.7 Å². The van der Waals surface area contributed by atoms with Gasteiger partial charge in [-0.2, -0.15) is 0 Å². The first-order chi connectivity index (χ1) is 18.8. The first kappa shape index (κ1) is 26.2. The molecule has 9 heteroatoms. The van der Waals surface area contributed by atoms with Crippen molar-refractivity contribution < 1.29 is 27.1 Å². The standard InChI is InChI=1S/C30H27FN2O5S/c1-21-7-9-23(10-8-21)30(22-5-3-2-4-6-22)32-29(34)20-33(25-13-11-24(31)12-14-25)39(35,36)26-15-16-27-28(19-26)38-18-17-37-27/h2-16,19,30H,17-18,20H2,1H3,(H,32,34)/t30-/m1/s1. The third-order valence-corrected chi connectivity index (χ3v) is 8.12. The number of halogens is 1. The number of amides is 1. The zero-order valence-corrected chi connectivity index (χ0v) is 22.0. The number of fused-ring (bicyclic) bond motifs is 1. The number of aryl methyl sites for hydroxylation is 1. The van der Waals surface area contributed by atoms with Gasteiger partial charge in [-0.05, 0) is 54.4 Å². The number of nitrogens with zero attached hydrogens (tertiary/aromatic N) is 1. The fraction of sp³-hybridized carbons (Fsp3) is 0.167. The van der Waals surface area contributed by atoms with E-state index >= 15 is 0 Å². The van der Waals surface area contributed by atoms with Crippen LogP contribution >= 0.6 is 0 Å². The summed E-state index contributed by atoms with van der Waals surface area (Å²) in [4.78, 5) is 13.4. The van der Waals surface area contributed by atoms with Gasteiger partial charge in [0.15, 0.2) is 11.5 Å². The van der Waals surface area contributed by atoms with E-state index < -0.39 is 34.3 Å². The third-order valence-electron chi connectivity index (χ3n) is 6.35. The van der Waals surface area contributed by atoms with Crippen molar-refractivity contribution in [2.45, 2.75) is 17.9 Å². The second-order valence-electron chi connectivity index (χ2n) is 9.12. The van der Waals surface area contributed by atoms with E-state index in [0.29, 0.717) is 24.7 Å². The van der Waals surface area contributed by atoms with Gasteiger partial charge in [0.25, 0.3) is 10.0 Å². The molecule has 0 spiro atoms. The van der Waals surface area contributed by atoms with Crippen LogP contribution in [0.2, 0.25) is 0 Å². The Morgan fingerprint density at radius 3 is 2.21 bits per heavy atom. The number of hydrogen-bond acceptors (Lipinski definition) is 5. The summed E-state index contributed by atoms with van der Waals surface area (Å²) in [5, 5.41) is 2.99. The van der Waals surface area contributed by atoms with Gasteiger partial charge in [-0.25, -0.2) is 12.8 Å². The van der Waals surface area contributed by atoms with Gasteiger partial charge in [-0.1, -0.05) is 60.2 Å². The van der Waals surface area contributed by atoms with Crippen molar-refractivity contribution in [3.8, 4) is 11.5 Å². The number of nitrogens with one attached hydrogen (secondary N) is 1. The minimum absolute atomic E-state index is 0.0815. The first-order valence-electron chi connectivity index (χ1n) is 12.4. The van der Waals surface area contributed by atoms with Crippen molar-refractivity contribution in [3.05, 3.63) is 120 Å². The molecule has 4 aromatic rings. The zero-order chi connectivity index (χ0) is 27.4. The van der Waals surface area contributed by atoms with E-state index in [0.717, 1.165) is 33.1 Å². The highest BCUT2D eigenvalue weighted by atomic mass is 32.2. The van der Waals surface area contributed by atoms with Crippen molar-refractivity contribution >= 4 is 21.6 Å². The normalized spacial score (nSPS) is 13.4. The molecular formula is C30H27FN2O5S. The third kappa shape index (κ3) is 5.88. The van der Waals surface area contributed by atoms with Gasteiger partial charge < -0.3 is 14.8 Å². The van der Waals surface area contributed by atoms with Crippen molar-refractivity contribution in [1.29, 1.82) is 0 Å². The maximum atomic E-state index is 13.9. The number of anilines is 1. The van der Waals surface area contributed by atoms with Gasteiger partial charge >= 0.3 is 0 Å². The molecule has 1 atom stereocenters.